The zero-order chi connectivity index (χ0) is 15.4. The van der Waals surface area contributed by atoms with Crippen LogP contribution in [-0.4, -0.2) is 29.0 Å². The van der Waals surface area contributed by atoms with Gasteiger partial charge in [0.15, 0.2) is 5.78 Å². The molecule has 2 aliphatic heterocycles. The summed E-state index contributed by atoms with van der Waals surface area (Å²) >= 11 is 6.28. The first-order valence-corrected chi connectivity index (χ1v) is 8.24. The van der Waals surface area contributed by atoms with Gasteiger partial charge in [-0.15, -0.1) is 11.6 Å². The fourth-order valence-corrected chi connectivity index (χ4v) is 4.90. The summed E-state index contributed by atoms with van der Waals surface area (Å²) in [4.78, 5) is 27.1. The van der Waals surface area contributed by atoms with Crippen LogP contribution >= 0.6 is 11.6 Å². The highest BCUT2D eigenvalue weighted by molar-refractivity contribution is 6.22. The normalized spacial score (nSPS) is 35.8. The van der Waals surface area contributed by atoms with E-state index in [1.54, 1.807) is 6.92 Å². The number of alkyl halides is 1. The number of fused-ring (bicyclic) bond motifs is 5. The summed E-state index contributed by atoms with van der Waals surface area (Å²) in [5.41, 5.74) is 2.17. The SMILES string of the molecule is CC(=O)[C@@H]1[C@@H]2C[C@H](Cl)CC(=O)[C@@H]2[C@H]2C=Cc3ccccc3N21. The van der Waals surface area contributed by atoms with Gasteiger partial charge in [-0.1, -0.05) is 30.4 Å². The number of hydrogen-bond acceptors (Lipinski definition) is 3. The summed E-state index contributed by atoms with van der Waals surface area (Å²) in [7, 11) is 0. The van der Waals surface area contributed by atoms with E-state index in [4.69, 9.17) is 11.6 Å². The first-order valence-electron chi connectivity index (χ1n) is 7.80. The van der Waals surface area contributed by atoms with Crippen LogP contribution in [0.5, 0.6) is 0 Å². The predicted octanol–water partition coefficient (Wildman–Crippen LogP) is 3.06. The quantitative estimate of drug-likeness (QED) is 0.747. The maximum atomic E-state index is 12.6. The number of Topliss-reactive ketones (excluding diaryl/α,β-unsaturated/α-hetero) is 2. The van der Waals surface area contributed by atoms with E-state index >= 15 is 0 Å². The van der Waals surface area contributed by atoms with Gasteiger partial charge in [0.25, 0.3) is 0 Å². The van der Waals surface area contributed by atoms with Crippen molar-refractivity contribution in [2.24, 2.45) is 11.8 Å². The van der Waals surface area contributed by atoms with Crippen molar-refractivity contribution >= 4 is 34.9 Å². The molecule has 0 N–H and O–H groups in total. The predicted molar refractivity (Wildman–Crippen MR) is 87.1 cm³/mol. The summed E-state index contributed by atoms with van der Waals surface area (Å²) in [6.45, 7) is 1.63. The van der Waals surface area contributed by atoms with E-state index in [1.807, 2.05) is 24.3 Å². The van der Waals surface area contributed by atoms with Crippen molar-refractivity contribution in [3.05, 3.63) is 35.9 Å². The first kappa shape index (κ1) is 14.0. The number of halogens is 1. The lowest BCUT2D eigenvalue weighted by Gasteiger charge is -2.34. The van der Waals surface area contributed by atoms with E-state index in [9.17, 15) is 9.59 Å². The molecule has 0 unspecified atom stereocenters. The molecule has 2 heterocycles. The Hall–Kier alpha value is -1.61. The highest BCUT2D eigenvalue weighted by Gasteiger charge is 2.55. The lowest BCUT2D eigenvalue weighted by molar-refractivity contribution is -0.126. The minimum Gasteiger partial charge on any atom is -0.354 e. The second-order valence-corrected chi connectivity index (χ2v) is 7.18. The molecule has 114 valence electrons. The van der Waals surface area contributed by atoms with Gasteiger partial charge >= 0.3 is 0 Å². The molecular weight excluding hydrogens is 298 g/mol. The molecule has 1 aromatic carbocycles. The van der Waals surface area contributed by atoms with E-state index in [-0.39, 0.29) is 40.9 Å². The molecule has 1 aromatic rings. The lowest BCUT2D eigenvalue weighted by Crippen LogP contribution is -2.43. The molecule has 3 nitrogen and oxygen atoms in total. The molecule has 1 saturated heterocycles. The standard InChI is InChI=1S/C18H18ClNO2/c1-10(21)18-13-8-12(19)9-16(22)17(13)15-7-6-11-4-2-3-5-14(11)20(15)18/h2-7,12-13,15,17-18H,8-9H2,1H3/t12-,13+,15+,17-,18+/m0/s1. The topological polar surface area (TPSA) is 37.4 Å². The molecule has 0 spiro atoms. The van der Waals surface area contributed by atoms with Crippen molar-refractivity contribution in [3.63, 3.8) is 0 Å². The Kier molecular flexibility index (Phi) is 3.15. The van der Waals surface area contributed by atoms with Crippen LogP contribution in [0, 0.1) is 11.8 Å². The summed E-state index contributed by atoms with van der Waals surface area (Å²) < 4.78 is 0. The third kappa shape index (κ3) is 1.88. The maximum Gasteiger partial charge on any atom is 0.152 e. The molecule has 22 heavy (non-hydrogen) atoms. The van der Waals surface area contributed by atoms with Gasteiger partial charge in [0, 0.05) is 23.4 Å². The first-order chi connectivity index (χ1) is 10.6. The Morgan fingerprint density at radius 2 is 2.09 bits per heavy atom. The number of benzene rings is 1. The van der Waals surface area contributed by atoms with E-state index < -0.39 is 0 Å². The molecule has 3 aliphatic rings. The Morgan fingerprint density at radius 1 is 1.32 bits per heavy atom. The summed E-state index contributed by atoms with van der Waals surface area (Å²) in [5, 5.41) is -0.142. The highest BCUT2D eigenvalue weighted by Crippen LogP contribution is 2.49. The van der Waals surface area contributed by atoms with Crippen LogP contribution in [0.1, 0.15) is 25.3 Å². The van der Waals surface area contributed by atoms with Gasteiger partial charge in [-0.3, -0.25) is 9.59 Å². The van der Waals surface area contributed by atoms with Crippen LogP contribution in [-0.2, 0) is 9.59 Å². The summed E-state index contributed by atoms with van der Waals surface area (Å²) in [6, 6.07) is 7.82. The van der Waals surface area contributed by atoms with Crippen LogP contribution in [0.2, 0.25) is 0 Å². The highest BCUT2D eigenvalue weighted by atomic mass is 35.5. The van der Waals surface area contributed by atoms with Crippen molar-refractivity contribution in [3.8, 4) is 0 Å². The van der Waals surface area contributed by atoms with Crippen LogP contribution in [0.15, 0.2) is 30.3 Å². The minimum absolute atomic E-state index is 0.00883. The van der Waals surface area contributed by atoms with Crippen LogP contribution in [0.3, 0.4) is 0 Å². The third-order valence-electron chi connectivity index (χ3n) is 5.28. The van der Waals surface area contributed by atoms with Crippen molar-refractivity contribution in [2.75, 3.05) is 4.90 Å². The Labute approximate surface area is 134 Å². The number of nitrogens with zero attached hydrogens (tertiary/aromatic N) is 1. The van der Waals surface area contributed by atoms with Gasteiger partial charge in [0.1, 0.15) is 5.78 Å². The summed E-state index contributed by atoms with van der Waals surface area (Å²) in [6.07, 6.45) is 5.34. The molecule has 1 saturated carbocycles. The van der Waals surface area contributed by atoms with Crippen molar-refractivity contribution < 1.29 is 9.59 Å². The maximum absolute atomic E-state index is 12.6. The Balaban J connectivity index is 1.86. The Bertz CT molecular complexity index is 683. The number of ketones is 2. The molecule has 2 fully saturated rings. The lowest BCUT2D eigenvalue weighted by atomic mass is 9.74. The van der Waals surface area contributed by atoms with E-state index in [2.05, 4.69) is 17.1 Å². The summed E-state index contributed by atoms with van der Waals surface area (Å²) in [5.74, 6) is 0.260. The fourth-order valence-electron chi connectivity index (χ4n) is 4.54. The van der Waals surface area contributed by atoms with Gasteiger partial charge in [0.05, 0.1) is 12.1 Å². The molecule has 0 amide bonds. The second kappa shape index (κ2) is 4.95. The van der Waals surface area contributed by atoms with Gasteiger partial charge in [-0.25, -0.2) is 0 Å². The number of anilines is 1. The largest absolute Gasteiger partial charge is 0.354 e. The molecule has 0 aromatic heterocycles. The smallest absolute Gasteiger partial charge is 0.152 e. The second-order valence-electron chi connectivity index (χ2n) is 6.56. The van der Waals surface area contributed by atoms with Gasteiger partial charge in [-0.05, 0) is 30.9 Å². The van der Waals surface area contributed by atoms with Crippen LogP contribution < -0.4 is 4.90 Å². The minimum atomic E-state index is -0.244. The number of rotatable bonds is 1. The number of carbonyl (C=O) groups excluding carboxylic acids is 2. The van der Waals surface area contributed by atoms with Gasteiger partial charge < -0.3 is 4.90 Å². The zero-order valence-corrected chi connectivity index (χ0v) is 13.2. The monoisotopic (exact) mass is 315 g/mol. The van der Waals surface area contributed by atoms with Crippen LogP contribution in [0.25, 0.3) is 6.08 Å². The molecule has 5 atom stereocenters. The molecule has 4 heteroatoms. The number of carbonyl (C=O) groups is 2. The van der Waals surface area contributed by atoms with Crippen molar-refractivity contribution in [1.82, 2.24) is 0 Å². The molecule has 4 rings (SSSR count). The number of para-hydroxylation sites is 1. The van der Waals surface area contributed by atoms with Crippen molar-refractivity contribution in [2.45, 2.75) is 37.2 Å². The van der Waals surface area contributed by atoms with Gasteiger partial charge in [-0.2, -0.15) is 0 Å². The molecular formula is C18H18ClNO2. The van der Waals surface area contributed by atoms with E-state index in [0.29, 0.717) is 6.42 Å². The van der Waals surface area contributed by atoms with E-state index in [0.717, 1.165) is 17.7 Å². The van der Waals surface area contributed by atoms with E-state index in [1.165, 1.54) is 0 Å². The average Bonchev–Trinajstić information content (AvgIpc) is 2.81. The fraction of sp³-hybridized carbons (Fsp3) is 0.444. The van der Waals surface area contributed by atoms with Crippen molar-refractivity contribution in [1.29, 1.82) is 0 Å². The zero-order valence-electron chi connectivity index (χ0n) is 12.4. The number of hydrogen-bond donors (Lipinski definition) is 0. The Morgan fingerprint density at radius 3 is 2.86 bits per heavy atom. The average molecular weight is 316 g/mol. The molecule has 0 bridgehead atoms. The van der Waals surface area contributed by atoms with Gasteiger partial charge in [0.2, 0.25) is 0 Å². The van der Waals surface area contributed by atoms with Crippen LogP contribution in [0.4, 0.5) is 5.69 Å². The molecule has 0 radical (unpaired) electrons. The third-order valence-corrected chi connectivity index (χ3v) is 5.61. The molecule has 1 aliphatic carbocycles.